The van der Waals surface area contributed by atoms with Crippen LogP contribution in [-0.4, -0.2) is 61.7 Å². The molecule has 0 amide bonds. The number of nitrogens with zero attached hydrogens (tertiary/aromatic N) is 2. The number of hydrogen-bond acceptors (Lipinski definition) is 3. The van der Waals surface area contributed by atoms with Gasteiger partial charge in [-0.1, -0.05) is 20.3 Å². The average molecular weight is 255 g/mol. The predicted molar refractivity (Wildman–Crippen MR) is 80.1 cm³/mol. The maximum atomic E-state index is 3.31. The molecule has 108 valence electrons. The molecule has 3 nitrogen and oxygen atoms in total. The van der Waals surface area contributed by atoms with Gasteiger partial charge in [-0.3, -0.25) is 4.90 Å². The molecule has 1 rings (SSSR count). The first kappa shape index (κ1) is 15.9. The van der Waals surface area contributed by atoms with Crippen molar-refractivity contribution in [1.29, 1.82) is 0 Å². The van der Waals surface area contributed by atoms with E-state index in [1.54, 1.807) is 0 Å². The summed E-state index contributed by atoms with van der Waals surface area (Å²) >= 11 is 0. The summed E-state index contributed by atoms with van der Waals surface area (Å²) in [6, 6.07) is 1.49. The lowest BCUT2D eigenvalue weighted by Gasteiger charge is -2.26. The third-order valence-electron chi connectivity index (χ3n) is 4.43. The number of hydrogen-bond donors (Lipinski definition) is 1. The zero-order valence-corrected chi connectivity index (χ0v) is 12.9. The van der Waals surface area contributed by atoms with Gasteiger partial charge in [-0.2, -0.15) is 0 Å². The molecule has 0 aromatic rings. The highest BCUT2D eigenvalue weighted by molar-refractivity contribution is 4.82. The minimum absolute atomic E-state index is 0.673. The maximum absolute atomic E-state index is 3.31. The Morgan fingerprint density at radius 1 is 1.28 bits per heavy atom. The van der Waals surface area contributed by atoms with Crippen LogP contribution < -0.4 is 5.32 Å². The molecule has 3 heteroatoms. The van der Waals surface area contributed by atoms with Crippen LogP contribution >= 0.6 is 0 Å². The number of nitrogens with one attached hydrogen (secondary N) is 1. The monoisotopic (exact) mass is 255 g/mol. The minimum atomic E-state index is 0.673. The maximum Gasteiger partial charge on any atom is 0.0235 e. The first-order chi connectivity index (χ1) is 8.71. The number of likely N-dealkylation sites (N-methyl/N-ethyl adjacent to an activating group) is 1. The minimum Gasteiger partial charge on any atom is -0.317 e. The summed E-state index contributed by atoms with van der Waals surface area (Å²) in [6.45, 7) is 13.1. The van der Waals surface area contributed by atoms with Crippen molar-refractivity contribution in [1.82, 2.24) is 15.1 Å². The molecule has 1 saturated heterocycles. The summed E-state index contributed by atoms with van der Waals surface area (Å²) in [5.74, 6) is 0. The Kier molecular flexibility index (Phi) is 7.87. The van der Waals surface area contributed by atoms with Gasteiger partial charge in [0.1, 0.15) is 0 Å². The normalized spacial score (nSPS) is 22.8. The highest BCUT2D eigenvalue weighted by Gasteiger charge is 2.25. The van der Waals surface area contributed by atoms with Gasteiger partial charge in [-0.05, 0) is 59.4 Å². The van der Waals surface area contributed by atoms with Crippen molar-refractivity contribution in [3.05, 3.63) is 0 Å². The van der Waals surface area contributed by atoms with Gasteiger partial charge >= 0.3 is 0 Å². The summed E-state index contributed by atoms with van der Waals surface area (Å²) in [5, 5.41) is 3.31. The van der Waals surface area contributed by atoms with Crippen LogP contribution in [0, 0.1) is 0 Å². The van der Waals surface area contributed by atoms with E-state index in [4.69, 9.17) is 0 Å². The van der Waals surface area contributed by atoms with Crippen molar-refractivity contribution in [2.24, 2.45) is 0 Å². The third-order valence-corrected chi connectivity index (χ3v) is 4.43. The van der Waals surface area contributed by atoms with Crippen molar-refractivity contribution in [2.45, 2.75) is 58.5 Å². The first-order valence-corrected chi connectivity index (χ1v) is 7.84. The molecule has 0 bridgehead atoms. The van der Waals surface area contributed by atoms with E-state index >= 15 is 0 Å². The van der Waals surface area contributed by atoms with E-state index in [0.717, 1.165) is 6.04 Å². The fourth-order valence-corrected chi connectivity index (χ4v) is 2.98. The molecular formula is C15H33N3. The molecule has 18 heavy (non-hydrogen) atoms. The van der Waals surface area contributed by atoms with E-state index in [9.17, 15) is 0 Å². The third kappa shape index (κ3) is 5.25. The second-order valence-corrected chi connectivity index (χ2v) is 5.65. The molecule has 0 saturated carbocycles. The standard InChI is InChI=1S/C15H33N3/c1-5-18(6-2)15-10-12-17(13-15)11-8-7-9-14(3)16-4/h14-16H,5-13H2,1-4H3. The van der Waals surface area contributed by atoms with Crippen LogP contribution in [0.3, 0.4) is 0 Å². The smallest absolute Gasteiger partial charge is 0.0235 e. The fourth-order valence-electron chi connectivity index (χ4n) is 2.98. The lowest BCUT2D eigenvalue weighted by molar-refractivity contribution is 0.210. The molecule has 1 N–H and O–H groups in total. The molecule has 1 fully saturated rings. The molecular weight excluding hydrogens is 222 g/mol. The van der Waals surface area contributed by atoms with Gasteiger partial charge < -0.3 is 10.2 Å². The number of rotatable bonds is 9. The summed E-state index contributed by atoms with van der Waals surface area (Å²) in [4.78, 5) is 5.27. The Bertz CT molecular complexity index is 204. The van der Waals surface area contributed by atoms with Gasteiger partial charge in [0.25, 0.3) is 0 Å². The van der Waals surface area contributed by atoms with E-state index in [1.807, 2.05) is 0 Å². The Morgan fingerprint density at radius 3 is 2.61 bits per heavy atom. The second-order valence-electron chi connectivity index (χ2n) is 5.65. The van der Waals surface area contributed by atoms with Crippen molar-refractivity contribution in [3.63, 3.8) is 0 Å². The van der Waals surface area contributed by atoms with E-state index in [1.165, 1.54) is 58.4 Å². The highest BCUT2D eigenvalue weighted by Crippen LogP contribution is 2.16. The van der Waals surface area contributed by atoms with Crippen molar-refractivity contribution >= 4 is 0 Å². The summed E-state index contributed by atoms with van der Waals surface area (Å²) in [7, 11) is 2.06. The van der Waals surface area contributed by atoms with E-state index in [-0.39, 0.29) is 0 Å². The van der Waals surface area contributed by atoms with E-state index in [0.29, 0.717) is 6.04 Å². The Hall–Kier alpha value is -0.120. The number of likely N-dealkylation sites (tertiary alicyclic amines) is 1. The lowest BCUT2D eigenvalue weighted by Crippen LogP contribution is -2.37. The molecule has 1 heterocycles. The summed E-state index contributed by atoms with van der Waals surface area (Å²) in [5.41, 5.74) is 0. The molecule has 1 aliphatic rings. The van der Waals surface area contributed by atoms with Crippen LogP contribution in [0.25, 0.3) is 0 Å². The van der Waals surface area contributed by atoms with Crippen LogP contribution in [0.2, 0.25) is 0 Å². The predicted octanol–water partition coefficient (Wildman–Crippen LogP) is 2.18. The molecule has 0 aromatic heterocycles. The Morgan fingerprint density at radius 2 is 2.00 bits per heavy atom. The topological polar surface area (TPSA) is 18.5 Å². The van der Waals surface area contributed by atoms with Crippen LogP contribution in [-0.2, 0) is 0 Å². The molecule has 2 unspecified atom stereocenters. The van der Waals surface area contributed by atoms with Crippen molar-refractivity contribution in [3.8, 4) is 0 Å². The molecule has 1 aliphatic heterocycles. The van der Waals surface area contributed by atoms with Gasteiger partial charge in [0.15, 0.2) is 0 Å². The zero-order valence-electron chi connectivity index (χ0n) is 12.9. The Labute approximate surface area is 114 Å². The van der Waals surface area contributed by atoms with E-state index < -0.39 is 0 Å². The largest absolute Gasteiger partial charge is 0.317 e. The van der Waals surface area contributed by atoms with Crippen LogP contribution in [0.5, 0.6) is 0 Å². The van der Waals surface area contributed by atoms with Gasteiger partial charge in [-0.25, -0.2) is 0 Å². The molecule has 0 spiro atoms. The van der Waals surface area contributed by atoms with Crippen molar-refractivity contribution in [2.75, 3.05) is 39.8 Å². The van der Waals surface area contributed by atoms with Crippen molar-refractivity contribution < 1.29 is 0 Å². The molecule has 0 radical (unpaired) electrons. The quantitative estimate of drug-likeness (QED) is 0.637. The Balaban J connectivity index is 2.11. The van der Waals surface area contributed by atoms with Gasteiger partial charge in [0, 0.05) is 18.6 Å². The SMILES string of the molecule is CCN(CC)C1CCN(CCCCC(C)NC)C1. The highest BCUT2D eigenvalue weighted by atomic mass is 15.2. The molecule has 0 aliphatic carbocycles. The summed E-state index contributed by atoms with van der Waals surface area (Å²) < 4.78 is 0. The number of unbranched alkanes of at least 4 members (excludes halogenated alkanes) is 1. The van der Waals surface area contributed by atoms with Crippen LogP contribution in [0.1, 0.15) is 46.5 Å². The van der Waals surface area contributed by atoms with Crippen LogP contribution in [0.15, 0.2) is 0 Å². The van der Waals surface area contributed by atoms with Gasteiger partial charge in [0.2, 0.25) is 0 Å². The fraction of sp³-hybridized carbons (Fsp3) is 1.00. The zero-order chi connectivity index (χ0) is 13.4. The first-order valence-electron chi connectivity index (χ1n) is 7.84. The molecule has 2 atom stereocenters. The van der Waals surface area contributed by atoms with Gasteiger partial charge in [0.05, 0.1) is 0 Å². The second kappa shape index (κ2) is 8.89. The van der Waals surface area contributed by atoms with Gasteiger partial charge in [-0.15, -0.1) is 0 Å². The summed E-state index contributed by atoms with van der Waals surface area (Å²) in [6.07, 6.45) is 5.39. The van der Waals surface area contributed by atoms with E-state index in [2.05, 4.69) is 42.9 Å². The molecule has 0 aromatic carbocycles. The van der Waals surface area contributed by atoms with Crippen LogP contribution in [0.4, 0.5) is 0 Å². The average Bonchev–Trinajstić information content (AvgIpc) is 2.84. The lowest BCUT2D eigenvalue weighted by atomic mass is 10.1.